The van der Waals surface area contributed by atoms with Crippen LogP contribution in [0.15, 0.2) is 84.1 Å². The van der Waals surface area contributed by atoms with Gasteiger partial charge in [-0.2, -0.15) is 5.10 Å². The second-order valence-electron chi connectivity index (χ2n) is 11.9. The maximum Gasteiger partial charge on any atom is 0.323 e. The lowest BCUT2D eigenvalue weighted by molar-refractivity contribution is 0.200. The van der Waals surface area contributed by atoms with Crippen LogP contribution in [0, 0.1) is 6.92 Å². The van der Waals surface area contributed by atoms with Gasteiger partial charge in [-0.3, -0.25) is 5.32 Å². The first-order valence-corrected chi connectivity index (χ1v) is 16.2. The number of urea groups is 2. The molecule has 10 heteroatoms. The topological polar surface area (TPSA) is 111 Å². The van der Waals surface area contributed by atoms with Crippen LogP contribution in [0.1, 0.15) is 57.4 Å². The monoisotopic (exact) mass is 619 g/mol. The van der Waals surface area contributed by atoms with Crippen molar-refractivity contribution in [3.05, 3.63) is 84.6 Å². The van der Waals surface area contributed by atoms with E-state index in [4.69, 9.17) is 9.84 Å². The van der Waals surface area contributed by atoms with Crippen LogP contribution in [-0.4, -0.2) is 46.9 Å². The Hall–Kier alpha value is -5.12. The zero-order valence-corrected chi connectivity index (χ0v) is 26.5. The van der Waals surface area contributed by atoms with Gasteiger partial charge >= 0.3 is 12.1 Å². The van der Waals surface area contributed by atoms with Gasteiger partial charge in [0.2, 0.25) is 0 Å². The number of benzene rings is 3. The van der Waals surface area contributed by atoms with Crippen LogP contribution < -0.4 is 25.7 Å². The third-order valence-corrected chi connectivity index (χ3v) is 8.36. The number of nitrogens with one attached hydrogen (secondary N) is 3. The number of carbonyl (C=O) groups is 2. The van der Waals surface area contributed by atoms with Crippen molar-refractivity contribution in [1.29, 1.82) is 0 Å². The highest BCUT2D eigenvalue weighted by Crippen LogP contribution is 2.35. The maximum absolute atomic E-state index is 13.4. The Balaban J connectivity index is 1.15. The molecular formula is C36H41N7O3. The smallest absolute Gasteiger partial charge is 0.323 e. The Morgan fingerprint density at radius 2 is 1.72 bits per heavy atom. The number of fused-ring (bicyclic) bond motifs is 1. The molecule has 0 bridgehead atoms. The van der Waals surface area contributed by atoms with Crippen LogP contribution in [0.3, 0.4) is 0 Å². The molecule has 3 heterocycles. The number of ether oxygens (including phenoxy) is 1. The molecule has 1 aromatic heterocycles. The molecule has 2 aliphatic rings. The first-order chi connectivity index (χ1) is 22.5. The molecule has 0 aliphatic carbocycles. The summed E-state index contributed by atoms with van der Waals surface area (Å²) in [5, 5.41) is 17.6. The quantitative estimate of drug-likeness (QED) is 0.175. The van der Waals surface area contributed by atoms with Gasteiger partial charge in [-0.05, 0) is 69.4 Å². The van der Waals surface area contributed by atoms with E-state index in [0.717, 1.165) is 73.8 Å². The molecule has 1 fully saturated rings. The first kappa shape index (κ1) is 30.9. The van der Waals surface area contributed by atoms with Gasteiger partial charge in [-0.15, -0.1) is 0 Å². The molecule has 10 nitrogen and oxygen atoms in total. The van der Waals surface area contributed by atoms with Crippen LogP contribution in [-0.2, 0) is 0 Å². The number of hydrogen-bond donors (Lipinski definition) is 3. The molecular weight excluding hydrogens is 578 g/mol. The molecule has 6 rings (SSSR count). The van der Waals surface area contributed by atoms with Crippen LogP contribution in [0.2, 0.25) is 0 Å². The van der Waals surface area contributed by atoms with Gasteiger partial charge in [-0.1, -0.05) is 55.3 Å². The van der Waals surface area contributed by atoms with Crippen molar-refractivity contribution < 1.29 is 14.3 Å². The molecule has 238 valence electrons. The minimum Gasteiger partial charge on any atom is -0.457 e. The molecule has 2 aliphatic heterocycles. The zero-order chi connectivity index (χ0) is 31.9. The number of amides is 4. The number of likely N-dealkylation sites (tertiary alicyclic amines) is 1. The zero-order valence-electron chi connectivity index (χ0n) is 26.5. The number of hydrogen-bond acceptors (Lipinski definition) is 6. The van der Waals surface area contributed by atoms with Crippen molar-refractivity contribution in [2.75, 3.05) is 28.7 Å². The summed E-state index contributed by atoms with van der Waals surface area (Å²) in [6.07, 6.45) is 8.25. The molecule has 3 aromatic carbocycles. The minimum absolute atomic E-state index is 0.146. The summed E-state index contributed by atoms with van der Waals surface area (Å²) in [5.41, 5.74) is 3.87. The lowest BCUT2D eigenvalue weighted by atomic mass is 10.1. The fourth-order valence-corrected chi connectivity index (χ4v) is 5.89. The van der Waals surface area contributed by atoms with Crippen molar-refractivity contribution in [2.24, 2.45) is 5.10 Å². The molecule has 3 N–H and O–H groups in total. The molecule has 46 heavy (non-hydrogen) atoms. The minimum atomic E-state index is -0.309. The third kappa shape index (κ3) is 7.39. The largest absolute Gasteiger partial charge is 0.457 e. The van der Waals surface area contributed by atoms with Gasteiger partial charge in [0.25, 0.3) is 0 Å². The number of pyridine rings is 1. The number of piperidine rings is 1. The fraction of sp³-hybridized carbons (Fsp3) is 0.333. The summed E-state index contributed by atoms with van der Waals surface area (Å²) in [6.45, 7) is 5.73. The average molecular weight is 620 g/mol. The van der Waals surface area contributed by atoms with Gasteiger partial charge < -0.3 is 20.3 Å². The van der Waals surface area contributed by atoms with E-state index in [2.05, 4.69) is 46.9 Å². The van der Waals surface area contributed by atoms with Crippen LogP contribution >= 0.6 is 0 Å². The molecule has 1 unspecified atom stereocenters. The summed E-state index contributed by atoms with van der Waals surface area (Å²) in [5.74, 6) is 1.60. The molecule has 4 aromatic rings. The maximum atomic E-state index is 13.4. The highest BCUT2D eigenvalue weighted by Gasteiger charge is 2.29. The van der Waals surface area contributed by atoms with E-state index in [1.165, 1.54) is 5.56 Å². The van der Waals surface area contributed by atoms with Crippen LogP contribution in [0.25, 0.3) is 10.8 Å². The second-order valence-corrected chi connectivity index (χ2v) is 11.9. The predicted molar refractivity (Wildman–Crippen MR) is 184 cm³/mol. The number of aryl methyl sites for hydroxylation is 1. The Morgan fingerprint density at radius 1 is 0.935 bits per heavy atom. The highest BCUT2D eigenvalue weighted by molar-refractivity contribution is 6.04. The predicted octanol–water partition coefficient (Wildman–Crippen LogP) is 8.26. The number of rotatable bonds is 9. The van der Waals surface area contributed by atoms with Gasteiger partial charge in [0.1, 0.15) is 23.5 Å². The molecule has 4 amide bonds. The number of hydrazone groups is 1. The van der Waals surface area contributed by atoms with Crippen molar-refractivity contribution >= 4 is 45.7 Å². The fourth-order valence-electron chi connectivity index (χ4n) is 5.89. The Morgan fingerprint density at radius 3 is 2.50 bits per heavy atom. The summed E-state index contributed by atoms with van der Waals surface area (Å²) in [4.78, 5) is 32.2. The Bertz CT molecular complexity index is 1720. The van der Waals surface area contributed by atoms with Crippen molar-refractivity contribution in [1.82, 2.24) is 15.2 Å². The normalized spacial score (nSPS) is 16.2. The standard InChI is InChI=1S/C36H41N7O3/c1-3-4-10-26-23-34(43(41-26)27-15-13-25(2)14-16-27)40-35(44)38-31-17-18-32(30-12-7-6-11-29(30)31)46-28-19-20-37-33(24-28)39-36(45)42-21-8-5-9-22-42/h6-7,11-20,24,34H,3-5,8-10,21-23H2,1-2H3,(H,37,39,45)(H2,38,40,44). The number of carbonyl (C=O) groups excluding carboxylic acids is 2. The molecule has 0 spiro atoms. The van der Waals surface area contributed by atoms with Crippen molar-refractivity contribution in [2.45, 2.75) is 65.0 Å². The SMILES string of the molecule is CCCCC1=NN(c2ccc(C)cc2)C(NC(=O)Nc2ccc(Oc3ccnc(NC(=O)N4CCCCC4)c3)c3ccccc23)C1. The van der Waals surface area contributed by atoms with E-state index in [9.17, 15) is 9.59 Å². The molecule has 0 saturated carbocycles. The van der Waals surface area contributed by atoms with Crippen molar-refractivity contribution in [3.8, 4) is 11.5 Å². The third-order valence-electron chi connectivity index (χ3n) is 8.36. The first-order valence-electron chi connectivity index (χ1n) is 16.2. The number of anilines is 3. The average Bonchev–Trinajstić information content (AvgIpc) is 3.47. The van der Waals surface area contributed by atoms with E-state index in [1.807, 2.05) is 58.4 Å². The summed E-state index contributed by atoms with van der Waals surface area (Å²) in [7, 11) is 0. The van der Waals surface area contributed by atoms with Gasteiger partial charge in [0.05, 0.1) is 11.4 Å². The molecule has 0 radical (unpaired) electrons. The summed E-state index contributed by atoms with van der Waals surface area (Å²) < 4.78 is 6.29. The van der Waals surface area contributed by atoms with E-state index in [-0.39, 0.29) is 18.2 Å². The van der Waals surface area contributed by atoms with Crippen LogP contribution in [0.4, 0.5) is 26.8 Å². The number of unbranched alkanes of at least 4 members (excludes halogenated alkanes) is 1. The van der Waals surface area contributed by atoms with Crippen molar-refractivity contribution in [3.63, 3.8) is 0 Å². The van der Waals surface area contributed by atoms with E-state index in [1.54, 1.807) is 18.3 Å². The summed E-state index contributed by atoms with van der Waals surface area (Å²) >= 11 is 0. The Kier molecular flexibility index (Phi) is 9.62. The Labute approximate surface area is 269 Å². The lowest BCUT2D eigenvalue weighted by Gasteiger charge is -2.26. The van der Waals surface area contributed by atoms with Gasteiger partial charge in [-0.25, -0.2) is 19.6 Å². The number of nitrogens with zero attached hydrogens (tertiary/aromatic N) is 4. The second kappa shape index (κ2) is 14.3. The van der Waals surface area contributed by atoms with Gasteiger partial charge in [0.15, 0.2) is 0 Å². The lowest BCUT2D eigenvalue weighted by Crippen LogP contribution is -2.45. The molecule has 1 atom stereocenters. The molecule has 1 saturated heterocycles. The summed E-state index contributed by atoms with van der Waals surface area (Å²) in [6, 6.07) is 22.7. The highest BCUT2D eigenvalue weighted by atomic mass is 16.5. The van der Waals surface area contributed by atoms with Gasteiger partial charge in [0, 0.05) is 48.3 Å². The van der Waals surface area contributed by atoms with E-state index >= 15 is 0 Å². The van der Waals surface area contributed by atoms with E-state index in [0.29, 0.717) is 29.4 Å². The number of aromatic nitrogens is 1. The van der Waals surface area contributed by atoms with Crippen LogP contribution in [0.5, 0.6) is 11.5 Å². The van der Waals surface area contributed by atoms with E-state index < -0.39 is 0 Å².